The van der Waals surface area contributed by atoms with E-state index in [9.17, 15) is 4.79 Å². The van der Waals surface area contributed by atoms with Crippen LogP contribution in [0, 0.1) is 0 Å². The summed E-state index contributed by atoms with van der Waals surface area (Å²) < 4.78 is 9.71. The highest BCUT2D eigenvalue weighted by Gasteiger charge is 2.23. The number of morpholine rings is 1. The van der Waals surface area contributed by atoms with E-state index in [1.54, 1.807) is 4.57 Å². The molecule has 4 aromatic rings. The van der Waals surface area contributed by atoms with Gasteiger partial charge >= 0.3 is 5.69 Å². The van der Waals surface area contributed by atoms with Gasteiger partial charge < -0.3 is 4.74 Å². The minimum atomic E-state index is -0.0221. The molecule has 1 saturated heterocycles. The Morgan fingerprint density at radius 1 is 0.833 bits per heavy atom. The van der Waals surface area contributed by atoms with E-state index in [2.05, 4.69) is 29.2 Å². The molecule has 3 aromatic carbocycles. The molecule has 30 heavy (non-hydrogen) atoms. The lowest BCUT2D eigenvalue weighted by Crippen LogP contribution is -2.44. The van der Waals surface area contributed by atoms with Crippen molar-refractivity contribution in [3.8, 4) is 5.69 Å². The van der Waals surface area contributed by atoms with Gasteiger partial charge in [0, 0.05) is 19.6 Å². The lowest BCUT2D eigenvalue weighted by molar-refractivity contribution is -0.0387. The molecule has 0 aliphatic carbocycles. The second-order valence-corrected chi connectivity index (χ2v) is 7.77. The quantitative estimate of drug-likeness (QED) is 0.514. The average molecular weight is 399 g/mol. The first-order valence-corrected chi connectivity index (χ1v) is 10.4. The van der Waals surface area contributed by atoms with Crippen molar-refractivity contribution in [3.63, 3.8) is 0 Å². The lowest BCUT2D eigenvalue weighted by atomic mass is 10.2. The smallest absolute Gasteiger partial charge is 0.333 e. The van der Waals surface area contributed by atoms with E-state index in [-0.39, 0.29) is 11.8 Å². The first kappa shape index (κ1) is 18.9. The fraction of sp³-hybridized carbons (Fsp3) is 0.240. The number of fused-ring (bicyclic) bond motifs is 1. The molecule has 0 saturated carbocycles. The number of hydrogen-bond acceptors (Lipinski definition) is 3. The van der Waals surface area contributed by atoms with Crippen LogP contribution in [0.25, 0.3) is 16.7 Å². The van der Waals surface area contributed by atoms with Crippen molar-refractivity contribution in [3.05, 3.63) is 101 Å². The number of hydrogen-bond donors (Lipinski definition) is 0. The topological polar surface area (TPSA) is 39.4 Å². The fourth-order valence-electron chi connectivity index (χ4n) is 4.29. The third-order valence-corrected chi connectivity index (χ3v) is 5.71. The van der Waals surface area contributed by atoms with Crippen LogP contribution in [0.2, 0.25) is 0 Å². The zero-order chi connectivity index (χ0) is 20.3. The molecule has 0 N–H and O–H groups in total. The maximum absolute atomic E-state index is 13.4. The van der Waals surface area contributed by atoms with Gasteiger partial charge in [0.25, 0.3) is 0 Å². The SMILES string of the molecule is O=c1n(CC2CN(Cc3ccccc3)CCO2)c2ccccc2n1-c1ccccc1. The van der Waals surface area contributed by atoms with E-state index in [0.717, 1.165) is 36.4 Å². The molecule has 1 fully saturated rings. The van der Waals surface area contributed by atoms with Crippen molar-refractivity contribution in [2.24, 2.45) is 0 Å². The Hall–Kier alpha value is -3.15. The Morgan fingerprint density at radius 3 is 2.27 bits per heavy atom. The molecule has 1 unspecified atom stereocenters. The molecule has 5 rings (SSSR count). The van der Waals surface area contributed by atoms with E-state index < -0.39 is 0 Å². The largest absolute Gasteiger partial charge is 0.374 e. The third kappa shape index (κ3) is 3.70. The van der Waals surface area contributed by atoms with Gasteiger partial charge in [-0.05, 0) is 29.8 Å². The van der Waals surface area contributed by atoms with Gasteiger partial charge in [0.1, 0.15) is 0 Å². The van der Waals surface area contributed by atoms with Crippen molar-refractivity contribution in [2.75, 3.05) is 19.7 Å². The molecule has 0 amide bonds. The number of benzene rings is 3. The molecule has 0 spiro atoms. The number of para-hydroxylation sites is 3. The maximum atomic E-state index is 13.4. The van der Waals surface area contributed by atoms with Gasteiger partial charge in [-0.1, -0.05) is 60.7 Å². The van der Waals surface area contributed by atoms with E-state index in [1.165, 1.54) is 5.56 Å². The Morgan fingerprint density at radius 2 is 1.50 bits per heavy atom. The molecule has 1 aromatic heterocycles. The lowest BCUT2D eigenvalue weighted by Gasteiger charge is -2.33. The van der Waals surface area contributed by atoms with Gasteiger partial charge in [-0.3, -0.25) is 14.0 Å². The zero-order valence-corrected chi connectivity index (χ0v) is 16.9. The molecule has 1 atom stereocenters. The molecule has 152 valence electrons. The first-order valence-electron chi connectivity index (χ1n) is 10.4. The number of imidazole rings is 1. The Bertz CT molecular complexity index is 1180. The monoisotopic (exact) mass is 399 g/mol. The van der Waals surface area contributed by atoms with Crippen LogP contribution >= 0.6 is 0 Å². The summed E-state index contributed by atoms with van der Waals surface area (Å²) in [5, 5.41) is 0. The van der Waals surface area contributed by atoms with Crippen molar-refractivity contribution in [1.29, 1.82) is 0 Å². The molecular weight excluding hydrogens is 374 g/mol. The molecule has 0 bridgehead atoms. The van der Waals surface area contributed by atoms with Gasteiger partial charge in [0.15, 0.2) is 0 Å². The van der Waals surface area contributed by atoms with Gasteiger partial charge in [-0.15, -0.1) is 0 Å². The predicted molar refractivity (Wildman–Crippen MR) is 119 cm³/mol. The van der Waals surface area contributed by atoms with Crippen LogP contribution in [0.15, 0.2) is 89.7 Å². The third-order valence-electron chi connectivity index (χ3n) is 5.71. The molecule has 1 aliphatic heterocycles. The summed E-state index contributed by atoms with van der Waals surface area (Å²) in [5.41, 5.74) is 4.02. The Balaban J connectivity index is 1.43. The number of ether oxygens (including phenoxy) is 1. The van der Waals surface area contributed by atoms with E-state index in [4.69, 9.17) is 4.74 Å². The normalized spacial score (nSPS) is 17.4. The van der Waals surface area contributed by atoms with Crippen molar-refractivity contribution in [2.45, 2.75) is 19.2 Å². The minimum Gasteiger partial charge on any atom is -0.374 e. The summed E-state index contributed by atoms with van der Waals surface area (Å²) in [6.07, 6.45) is -0.0183. The van der Waals surface area contributed by atoms with Crippen LogP contribution in [-0.2, 0) is 17.8 Å². The molecule has 0 radical (unpaired) electrons. The van der Waals surface area contributed by atoms with E-state index >= 15 is 0 Å². The zero-order valence-electron chi connectivity index (χ0n) is 16.9. The molecule has 5 nitrogen and oxygen atoms in total. The summed E-state index contributed by atoms with van der Waals surface area (Å²) in [5.74, 6) is 0. The summed E-state index contributed by atoms with van der Waals surface area (Å²) in [6.45, 7) is 3.85. The van der Waals surface area contributed by atoms with Crippen molar-refractivity contribution >= 4 is 11.0 Å². The average Bonchev–Trinajstić information content (AvgIpc) is 3.07. The van der Waals surface area contributed by atoms with Gasteiger partial charge in [0.05, 0.1) is 36.0 Å². The van der Waals surface area contributed by atoms with Crippen LogP contribution < -0.4 is 5.69 Å². The second-order valence-electron chi connectivity index (χ2n) is 7.77. The van der Waals surface area contributed by atoms with Crippen LogP contribution in [0.3, 0.4) is 0 Å². The molecular formula is C25H25N3O2. The highest BCUT2D eigenvalue weighted by Crippen LogP contribution is 2.19. The highest BCUT2D eigenvalue weighted by molar-refractivity contribution is 5.78. The van der Waals surface area contributed by atoms with Crippen LogP contribution in [0.5, 0.6) is 0 Å². The number of rotatable bonds is 5. The Kier molecular flexibility index (Phi) is 5.22. The first-order chi connectivity index (χ1) is 14.8. The minimum absolute atomic E-state index is 0.0183. The van der Waals surface area contributed by atoms with Crippen LogP contribution in [0.1, 0.15) is 5.56 Å². The summed E-state index contributed by atoms with van der Waals surface area (Å²) >= 11 is 0. The van der Waals surface area contributed by atoms with Gasteiger partial charge in [0.2, 0.25) is 0 Å². The molecule has 2 heterocycles. The van der Waals surface area contributed by atoms with E-state index in [1.807, 2.05) is 65.2 Å². The van der Waals surface area contributed by atoms with Crippen LogP contribution in [0.4, 0.5) is 0 Å². The Labute approximate surface area is 175 Å². The fourth-order valence-corrected chi connectivity index (χ4v) is 4.29. The maximum Gasteiger partial charge on any atom is 0.333 e. The van der Waals surface area contributed by atoms with Crippen molar-refractivity contribution < 1.29 is 4.74 Å². The highest BCUT2D eigenvalue weighted by atomic mass is 16.5. The molecule has 1 aliphatic rings. The summed E-state index contributed by atoms with van der Waals surface area (Å²) in [6, 6.07) is 28.3. The molecule has 5 heteroatoms. The van der Waals surface area contributed by atoms with Gasteiger partial charge in [-0.2, -0.15) is 0 Å². The van der Waals surface area contributed by atoms with Gasteiger partial charge in [-0.25, -0.2) is 4.79 Å². The number of nitrogens with zero attached hydrogens (tertiary/aromatic N) is 3. The van der Waals surface area contributed by atoms with Crippen molar-refractivity contribution in [1.82, 2.24) is 14.0 Å². The standard InChI is InChI=1S/C25H25N3O2/c29-25-27(19-22-18-26(15-16-30-22)17-20-9-3-1-4-10-20)23-13-7-8-14-24(23)28(25)21-11-5-2-6-12-21/h1-14,22H,15-19H2. The predicted octanol–water partition coefficient (Wildman–Crippen LogP) is 3.69. The number of aromatic nitrogens is 2. The second kappa shape index (κ2) is 8.30. The van der Waals surface area contributed by atoms with E-state index in [0.29, 0.717) is 13.2 Å². The summed E-state index contributed by atoms with van der Waals surface area (Å²) in [7, 11) is 0. The summed E-state index contributed by atoms with van der Waals surface area (Å²) in [4.78, 5) is 15.8. The van der Waals surface area contributed by atoms with Crippen LogP contribution in [-0.4, -0.2) is 39.8 Å².